The molecule has 20 heavy (non-hydrogen) atoms. The lowest BCUT2D eigenvalue weighted by molar-refractivity contribution is -0.140. The second-order valence-corrected chi connectivity index (χ2v) is 5.83. The molecule has 2 rings (SSSR count). The summed E-state index contributed by atoms with van der Waals surface area (Å²) in [7, 11) is 0. The van der Waals surface area contributed by atoms with Gasteiger partial charge in [0, 0.05) is 31.7 Å². The predicted molar refractivity (Wildman–Crippen MR) is 68.8 cm³/mol. The number of nitrogens with one attached hydrogen (secondary N) is 1. The van der Waals surface area contributed by atoms with Crippen molar-refractivity contribution in [3.05, 3.63) is 35.1 Å². The summed E-state index contributed by atoms with van der Waals surface area (Å²) in [6, 6.07) is 3.22. The first-order chi connectivity index (χ1) is 9.17. The zero-order valence-electron chi connectivity index (χ0n) is 11.5. The summed E-state index contributed by atoms with van der Waals surface area (Å²) in [4.78, 5) is 2.07. The maximum atomic E-state index is 13.2. The van der Waals surface area contributed by atoms with Crippen molar-refractivity contribution < 1.29 is 17.6 Å². The second kappa shape index (κ2) is 5.33. The lowest BCUT2D eigenvalue weighted by atomic mass is 10.0. The van der Waals surface area contributed by atoms with Crippen LogP contribution >= 0.6 is 0 Å². The van der Waals surface area contributed by atoms with Gasteiger partial charge < -0.3 is 5.32 Å². The molecule has 2 nitrogen and oxygen atoms in total. The van der Waals surface area contributed by atoms with Gasteiger partial charge in [-0.05, 0) is 31.5 Å². The molecule has 0 aromatic heterocycles. The van der Waals surface area contributed by atoms with Crippen molar-refractivity contribution >= 4 is 0 Å². The van der Waals surface area contributed by atoms with Gasteiger partial charge in [-0.15, -0.1) is 0 Å². The van der Waals surface area contributed by atoms with Gasteiger partial charge in [-0.2, -0.15) is 13.2 Å². The van der Waals surface area contributed by atoms with E-state index in [9.17, 15) is 17.6 Å². The summed E-state index contributed by atoms with van der Waals surface area (Å²) >= 11 is 0. The van der Waals surface area contributed by atoms with Crippen LogP contribution in [0.15, 0.2) is 18.2 Å². The fourth-order valence-corrected chi connectivity index (χ4v) is 2.53. The number of hydrogen-bond acceptors (Lipinski definition) is 2. The number of hydrogen-bond donors (Lipinski definition) is 1. The highest BCUT2D eigenvalue weighted by atomic mass is 19.4. The molecular formula is C14H18F4N2. The molecule has 1 aromatic rings. The van der Waals surface area contributed by atoms with Crippen LogP contribution in [0.1, 0.15) is 25.0 Å². The Hall–Kier alpha value is -1.14. The van der Waals surface area contributed by atoms with E-state index in [0.717, 1.165) is 31.8 Å². The van der Waals surface area contributed by atoms with Crippen LogP contribution in [0.4, 0.5) is 17.6 Å². The molecule has 1 N–H and O–H groups in total. The Morgan fingerprint density at radius 1 is 1.30 bits per heavy atom. The maximum absolute atomic E-state index is 13.2. The highest BCUT2D eigenvalue weighted by molar-refractivity contribution is 5.27. The van der Waals surface area contributed by atoms with Crippen molar-refractivity contribution in [2.45, 2.75) is 32.1 Å². The Morgan fingerprint density at radius 3 is 2.60 bits per heavy atom. The molecule has 0 radical (unpaired) electrons. The SMILES string of the molecule is CC1(C)CN(Cc2ccc(F)c(C(F)(F)F)c2)CCN1. The van der Waals surface area contributed by atoms with Crippen molar-refractivity contribution in [1.82, 2.24) is 10.2 Å². The van der Waals surface area contributed by atoms with Crippen LogP contribution in [-0.2, 0) is 12.7 Å². The van der Waals surface area contributed by atoms with Crippen LogP contribution in [0.25, 0.3) is 0 Å². The molecule has 112 valence electrons. The number of nitrogens with zero attached hydrogens (tertiary/aromatic N) is 1. The molecule has 0 atom stereocenters. The fraction of sp³-hybridized carbons (Fsp3) is 0.571. The summed E-state index contributed by atoms with van der Waals surface area (Å²) in [6.07, 6.45) is -4.65. The van der Waals surface area contributed by atoms with E-state index in [1.54, 1.807) is 0 Å². The van der Waals surface area contributed by atoms with E-state index in [-0.39, 0.29) is 5.54 Å². The third-order valence-corrected chi connectivity index (χ3v) is 3.39. The van der Waals surface area contributed by atoms with Crippen molar-refractivity contribution in [3.63, 3.8) is 0 Å². The third kappa shape index (κ3) is 3.70. The van der Waals surface area contributed by atoms with Crippen molar-refractivity contribution in [1.29, 1.82) is 0 Å². The molecule has 0 bridgehead atoms. The van der Waals surface area contributed by atoms with E-state index in [1.165, 1.54) is 6.07 Å². The molecule has 6 heteroatoms. The van der Waals surface area contributed by atoms with E-state index in [2.05, 4.69) is 10.2 Å². The minimum atomic E-state index is -4.65. The zero-order valence-corrected chi connectivity index (χ0v) is 11.5. The van der Waals surface area contributed by atoms with E-state index in [0.29, 0.717) is 12.1 Å². The smallest absolute Gasteiger partial charge is 0.309 e. The lowest BCUT2D eigenvalue weighted by Gasteiger charge is -2.39. The Bertz CT molecular complexity index is 483. The first kappa shape index (κ1) is 15.3. The summed E-state index contributed by atoms with van der Waals surface area (Å²) in [6.45, 7) is 6.79. The first-order valence-electron chi connectivity index (χ1n) is 6.50. The Kier molecular flexibility index (Phi) is 4.07. The average molecular weight is 290 g/mol. The van der Waals surface area contributed by atoms with E-state index in [4.69, 9.17) is 0 Å². The Balaban J connectivity index is 2.14. The van der Waals surface area contributed by atoms with Crippen molar-refractivity contribution in [2.75, 3.05) is 19.6 Å². The zero-order chi connectivity index (χ0) is 15.0. The quantitative estimate of drug-likeness (QED) is 0.842. The fourth-order valence-electron chi connectivity index (χ4n) is 2.53. The number of benzene rings is 1. The van der Waals surface area contributed by atoms with Gasteiger partial charge in [0.1, 0.15) is 5.82 Å². The summed E-state index contributed by atoms with van der Waals surface area (Å²) in [5.41, 5.74) is -0.772. The van der Waals surface area contributed by atoms with Crippen LogP contribution in [0, 0.1) is 5.82 Å². The van der Waals surface area contributed by atoms with Gasteiger partial charge in [0.05, 0.1) is 5.56 Å². The monoisotopic (exact) mass is 290 g/mol. The molecule has 0 spiro atoms. The van der Waals surface area contributed by atoms with Gasteiger partial charge in [-0.25, -0.2) is 4.39 Å². The van der Waals surface area contributed by atoms with Crippen LogP contribution < -0.4 is 5.32 Å². The molecule has 0 unspecified atom stereocenters. The minimum Gasteiger partial charge on any atom is -0.309 e. The van der Waals surface area contributed by atoms with Gasteiger partial charge in [-0.3, -0.25) is 4.90 Å². The molecule has 1 aliphatic rings. The minimum absolute atomic E-state index is 0.0643. The number of piperazine rings is 1. The van der Waals surface area contributed by atoms with Crippen LogP contribution in [0.3, 0.4) is 0 Å². The standard InChI is InChI=1S/C14H18F4N2/c1-13(2)9-20(6-5-19-13)8-10-3-4-12(15)11(7-10)14(16,17)18/h3-4,7,19H,5-6,8-9H2,1-2H3. The highest BCUT2D eigenvalue weighted by Gasteiger charge is 2.34. The molecular weight excluding hydrogens is 272 g/mol. The topological polar surface area (TPSA) is 15.3 Å². The van der Waals surface area contributed by atoms with Gasteiger partial charge in [0.25, 0.3) is 0 Å². The first-order valence-corrected chi connectivity index (χ1v) is 6.50. The van der Waals surface area contributed by atoms with Crippen LogP contribution in [0.2, 0.25) is 0 Å². The predicted octanol–water partition coefficient (Wildman–Crippen LogP) is 3.03. The van der Waals surface area contributed by atoms with E-state index < -0.39 is 17.6 Å². The molecule has 1 heterocycles. The van der Waals surface area contributed by atoms with Gasteiger partial charge >= 0.3 is 6.18 Å². The summed E-state index contributed by atoms with van der Waals surface area (Å²) < 4.78 is 51.2. The van der Waals surface area contributed by atoms with Crippen LogP contribution in [-0.4, -0.2) is 30.1 Å². The van der Waals surface area contributed by atoms with Gasteiger partial charge in [-0.1, -0.05) is 6.07 Å². The number of halogens is 4. The maximum Gasteiger partial charge on any atom is 0.419 e. The van der Waals surface area contributed by atoms with E-state index in [1.807, 2.05) is 13.8 Å². The van der Waals surface area contributed by atoms with Crippen molar-refractivity contribution in [3.8, 4) is 0 Å². The molecule has 1 aromatic carbocycles. The van der Waals surface area contributed by atoms with Crippen molar-refractivity contribution in [2.24, 2.45) is 0 Å². The third-order valence-electron chi connectivity index (χ3n) is 3.39. The van der Waals surface area contributed by atoms with Gasteiger partial charge in [0.2, 0.25) is 0 Å². The molecule has 0 saturated carbocycles. The molecule has 1 saturated heterocycles. The highest BCUT2D eigenvalue weighted by Crippen LogP contribution is 2.32. The normalized spacial score (nSPS) is 20.1. The van der Waals surface area contributed by atoms with Gasteiger partial charge in [0.15, 0.2) is 0 Å². The summed E-state index contributed by atoms with van der Waals surface area (Å²) in [5.74, 6) is -1.22. The lowest BCUT2D eigenvalue weighted by Crippen LogP contribution is -2.56. The van der Waals surface area contributed by atoms with E-state index >= 15 is 0 Å². The number of rotatable bonds is 2. The second-order valence-electron chi connectivity index (χ2n) is 5.83. The average Bonchev–Trinajstić information content (AvgIpc) is 2.29. The van der Waals surface area contributed by atoms with Crippen LogP contribution in [0.5, 0.6) is 0 Å². The largest absolute Gasteiger partial charge is 0.419 e. The molecule has 0 amide bonds. The summed E-state index contributed by atoms with van der Waals surface area (Å²) in [5, 5.41) is 3.34. The molecule has 0 aliphatic carbocycles. The molecule has 1 fully saturated rings. The number of alkyl halides is 3. The molecule has 1 aliphatic heterocycles. The Labute approximate surface area is 115 Å². The Morgan fingerprint density at radius 2 is 2.00 bits per heavy atom.